The molecule has 0 radical (unpaired) electrons. The first-order valence-corrected chi connectivity index (χ1v) is 6.78. The molecule has 2 heterocycles. The number of benzene rings is 1. The number of aromatic nitrogens is 7. The minimum absolute atomic E-state index is 0.470. The highest BCUT2D eigenvalue weighted by atomic mass is 15.6. The van der Waals surface area contributed by atoms with Crippen LogP contribution < -0.4 is 5.73 Å². The summed E-state index contributed by atoms with van der Waals surface area (Å²) in [6.45, 7) is 1.12. The lowest BCUT2D eigenvalue weighted by molar-refractivity contribution is 0.609. The van der Waals surface area contributed by atoms with Gasteiger partial charge in [-0.3, -0.25) is 0 Å². The summed E-state index contributed by atoms with van der Waals surface area (Å²) in [4.78, 5) is 0. The Morgan fingerprint density at radius 2 is 1.90 bits per heavy atom. The van der Waals surface area contributed by atoms with Crippen LogP contribution in [0.4, 0.5) is 0 Å². The van der Waals surface area contributed by atoms with Crippen molar-refractivity contribution in [2.24, 2.45) is 5.73 Å². The third-order valence-electron chi connectivity index (χ3n) is 3.06. The van der Waals surface area contributed by atoms with Gasteiger partial charge in [0.1, 0.15) is 6.54 Å². The zero-order chi connectivity index (χ0) is 14.5. The van der Waals surface area contributed by atoms with Crippen LogP contribution in [0.2, 0.25) is 0 Å². The number of rotatable bonds is 6. The second-order valence-electron chi connectivity index (χ2n) is 4.64. The number of nitrogens with zero attached hydrogens (tertiary/aromatic N) is 7. The van der Waals surface area contributed by atoms with Gasteiger partial charge in [-0.05, 0) is 41.9 Å². The van der Waals surface area contributed by atoms with Crippen molar-refractivity contribution in [1.82, 2.24) is 35.2 Å². The number of para-hydroxylation sites is 1. The molecule has 0 unspecified atom stereocenters. The average molecular weight is 284 g/mol. The smallest absolute Gasteiger partial charge is 0.178 e. The molecule has 108 valence electrons. The second-order valence-corrected chi connectivity index (χ2v) is 4.64. The van der Waals surface area contributed by atoms with E-state index in [0.717, 1.165) is 24.2 Å². The van der Waals surface area contributed by atoms with Crippen LogP contribution in [0.15, 0.2) is 36.5 Å². The normalized spacial score (nSPS) is 10.9. The Kier molecular flexibility index (Phi) is 3.97. The summed E-state index contributed by atoms with van der Waals surface area (Å²) < 4.78 is 3.43. The molecular formula is C13H16N8. The van der Waals surface area contributed by atoms with Crippen LogP contribution in [0, 0.1) is 0 Å². The molecule has 0 aliphatic rings. The van der Waals surface area contributed by atoms with Crippen molar-refractivity contribution in [3.8, 4) is 5.69 Å². The maximum atomic E-state index is 5.49. The molecule has 0 saturated heterocycles. The van der Waals surface area contributed by atoms with E-state index in [9.17, 15) is 0 Å². The molecule has 0 spiro atoms. The Morgan fingerprint density at radius 1 is 1.05 bits per heavy atom. The third-order valence-corrected chi connectivity index (χ3v) is 3.06. The molecule has 0 atom stereocenters. The van der Waals surface area contributed by atoms with Gasteiger partial charge in [-0.25, -0.2) is 4.68 Å². The van der Waals surface area contributed by atoms with Gasteiger partial charge in [0.15, 0.2) is 5.82 Å². The first-order valence-electron chi connectivity index (χ1n) is 6.78. The SMILES string of the molecule is NCCCc1cn(Cc2nnnn2-c2ccccc2)nn1. The summed E-state index contributed by atoms with van der Waals surface area (Å²) in [7, 11) is 0. The van der Waals surface area contributed by atoms with Gasteiger partial charge in [-0.2, -0.15) is 4.68 Å². The van der Waals surface area contributed by atoms with Gasteiger partial charge in [-0.15, -0.1) is 10.2 Å². The minimum Gasteiger partial charge on any atom is -0.330 e. The monoisotopic (exact) mass is 284 g/mol. The molecule has 3 aromatic rings. The number of aryl methyl sites for hydroxylation is 1. The topological polar surface area (TPSA) is 100 Å². The molecule has 2 aromatic heterocycles. The van der Waals surface area contributed by atoms with Gasteiger partial charge in [0.25, 0.3) is 0 Å². The Labute approximate surface area is 121 Å². The standard InChI is InChI=1S/C13H16N8/c14-8-4-5-11-9-20(18-15-11)10-13-16-17-19-21(13)12-6-2-1-3-7-12/h1-3,6-7,9H,4-5,8,10,14H2. The number of hydrogen-bond donors (Lipinski definition) is 1. The summed E-state index contributed by atoms with van der Waals surface area (Å²) in [6.07, 6.45) is 3.64. The van der Waals surface area contributed by atoms with Gasteiger partial charge in [0.05, 0.1) is 11.4 Å². The maximum absolute atomic E-state index is 5.49. The van der Waals surface area contributed by atoms with Crippen LogP contribution in [0.25, 0.3) is 5.69 Å². The van der Waals surface area contributed by atoms with Crippen molar-refractivity contribution in [2.45, 2.75) is 19.4 Å². The van der Waals surface area contributed by atoms with Gasteiger partial charge < -0.3 is 5.73 Å². The van der Waals surface area contributed by atoms with Gasteiger partial charge in [0.2, 0.25) is 0 Å². The van der Waals surface area contributed by atoms with Gasteiger partial charge >= 0.3 is 0 Å². The molecule has 8 heteroatoms. The van der Waals surface area contributed by atoms with Crippen LogP contribution in [0.3, 0.4) is 0 Å². The largest absolute Gasteiger partial charge is 0.330 e. The fourth-order valence-electron chi connectivity index (χ4n) is 2.03. The summed E-state index contributed by atoms with van der Waals surface area (Å²) in [6, 6.07) is 9.75. The van der Waals surface area contributed by atoms with Crippen molar-refractivity contribution in [2.75, 3.05) is 6.54 Å². The first kappa shape index (κ1) is 13.4. The van der Waals surface area contributed by atoms with E-state index in [0.29, 0.717) is 18.9 Å². The summed E-state index contributed by atoms with van der Waals surface area (Å²) in [5, 5.41) is 20.0. The number of tetrazole rings is 1. The molecule has 0 aliphatic carbocycles. The van der Waals surface area contributed by atoms with Gasteiger partial charge in [-0.1, -0.05) is 23.4 Å². The fraction of sp³-hybridized carbons (Fsp3) is 0.308. The van der Waals surface area contributed by atoms with Crippen molar-refractivity contribution in [3.63, 3.8) is 0 Å². The molecule has 2 N–H and O–H groups in total. The molecule has 8 nitrogen and oxygen atoms in total. The second kappa shape index (κ2) is 6.23. The molecule has 3 rings (SSSR count). The molecule has 0 amide bonds. The van der Waals surface area contributed by atoms with Crippen molar-refractivity contribution >= 4 is 0 Å². The maximum Gasteiger partial charge on any atom is 0.178 e. The molecule has 0 saturated carbocycles. The minimum atomic E-state index is 0.470. The fourth-order valence-corrected chi connectivity index (χ4v) is 2.03. The van der Waals surface area contributed by atoms with E-state index in [2.05, 4.69) is 25.8 Å². The van der Waals surface area contributed by atoms with Gasteiger partial charge in [0, 0.05) is 6.20 Å². The Hall–Kier alpha value is -2.61. The van der Waals surface area contributed by atoms with E-state index in [1.165, 1.54) is 0 Å². The van der Waals surface area contributed by atoms with E-state index in [-0.39, 0.29) is 0 Å². The highest BCUT2D eigenvalue weighted by molar-refractivity contribution is 5.30. The predicted octanol–water partition coefficient (Wildman–Crippen LogP) is 0.193. The quantitative estimate of drug-likeness (QED) is 0.693. The molecular weight excluding hydrogens is 268 g/mol. The zero-order valence-corrected chi connectivity index (χ0v) is 11.5. The number of nitrogens with two attached hydrogens (primary N) is 1. The zero-order valence-electron chi connectivity index (χ0n) is 11.5. The van der Waals surface area contributed by atoms with E-state index in [4.69, 9.17) is 5.73 Å². The predicted molar refractivity (Wildman–Crippen MR) is 75.7 cm³/mol. The Bertz CT molecular complexity index is 687. The third kappa shape index (κ3) is 3.11. The molecule has 1 aromatic carbocycles. The van der Waals surface area contributed by atoms with Crippen LogP contribution >= 0.6 is 0 Å². The molecule has 0 bridgehead atoms. The lowest BCUT2D eigenvalue weighted by Gasteiger charge is -2.03. The van der Waals surface area contributed by atoms with Crippen LogP contribution in [0.5, 0.6) is 0 Å². The van der Waals surface area contributed by atoms with Crippen molar-refractivity contribution in [3.05, 3.63) is 48.0 Å². The van der Waals surface area contributed by atoms with E-state index in [1.807, 2.05) is 36.5 Å². The highest BCUT2D eigenvalue weighted by Crippen LogP contribution is 2.08. The molecule has 0 fully saturated rings. The summed E-state index contributed by atoms with van der Waals surface area (Å²) >= 11 is 0. The lowest BCUT2D eigenvalue weighted by atomic mass is 10.2. The van der Waals surface area contributed by atoms with E-state index in [1.54, 1.807) is 9.36 Å². The molecule has 21 heavy (non-hydrogen) atoms. The van der Waals surface area contributed by atoms with E-state index >= 15 is 0 Å². The average Bonchev–Trinajstić information content (AvgIpc) is 3.16. The first-order chi connectivity index (χ1) is 10.4. The molecule has 0 aliphatic heterocycles. The summed E-state index contributed by atoms with van der Waals surface area (Å²) in [5.41, 5.74) is 7.34. The van der Waals surface area contributed by atoms with Crippen molar-refractivity contribution in [1.29, 1.82) is 0 Å². The lowest BCUT2D eigenvalue weighted by Crippen LogP contribution is -2.09. The van der Waals surface area contributed by atoms with Crippen LogP contribution in [-0.4, -0.2) is 41.7 Å². The number of hydrogen-bond acceptors (Lipinski definition) is 6. The van der Waals surface area contributed by atoms with Crippen LogP contribution in [0.1, 0.15) is 17.9 Å². The van der Waals surface area contributed by atoms with Crippen molar-refractivity contribution < 1.29 is 0 Å². The van der Waals surface area contributed by atoms with E-state index < -0.39 is 0 Å². The highest BCUT2D eigenvalue weighted by Gasteiger charge is 2.10. The van der Waals surface area contributed by atoms with Crippen LogP contribution in [-0.2, 0) is 13.0 Å². The summed E-state index contributed by atoms with van der Waals surface area (Å²) in [5.74, 6) is 0.705. The Morgan fingerprint density at radius 3 is 2.71 bits per heavy atom. The Balaban J connectivity index is 1.77.